The lowest BCUT2D eigenvalue weighted by atomic mass is 10.1. The van der Waals surface area contributed by atoms with Crippen LogP contribution in [0.3, 0.4) is 0 Å². The van der Waals surface area contributed by atoms with E-state index in [9.17, 15) is 14.7 Å². The van der Waals surface area contributed by atoms with Gasteiger partial charge in [0.25, 0.3) is 0 Å². The molecular weight excluding hydrogens is 184 g/mol. The number of carboxylic acid groups (broad SMARTS) is 1. The van der Waals surface area contributed by atoms with E-state index in [1.165, 1.54) is 0 Å². The predicted molar refractivity (Wildman–Crippen MR) is 32.9 cm³/mol. The summed E-state index contributed by atoms with van der Waals surface area (Å²) in [5.41, 5.74) is 0. The summed E-state index contributed by atoms with van der Waals surface area (Å²) in [7, 11) is 0. The molecule has 74 valence electrons. The fourth-order valence-corrected chi connectivity index (χ4v) is 0.978. The Kier molecular flexibility index (Phi) is 2.50. The molecule has 0 bridgehead atoms. The first-order valence-electron chi connectivity index (χ1n) is 3.40. The van der Waals surface area contributed by atoms with E-state index in [0.29, 0.717) is 0 Å². The predicted octanol–water partition coefficient (Wildman–Crippen LogP) is -4.26. The Morgan fingerprint density at radius 3 is 2.38 bits per heavy atom. The average Bonchev–Trinajstić information content (AvgIpc) is 2.31. The number of esters is 1. The zero-order valence-corrected chi connectivity index (χ0v) is 6.28. The summed E-state index contributed by atoms with van der Waals surface area (Å²) < 4.78 is 4.20. The number of rotatable bonds is 2. The molecule has 7 heteroatoms. The van der Waals surface area contributed by atoms with Crippen LogP contribution in [0.15, 0.2) is 0 Å². The van der Waals surface area contributed by atoms with Crippen LogP contribution in [-0.4, -0.2) is 51.7 Å². The van der Waals surface area contributed by atoms with Gasteiger partial charge in [0, 0.05) is 0 Å². The second-order valence-corrected chi connectivity index (χ2v) is 2.60. The maximum absolute atomic E-state index is 10.6. The molecule has 0 saturated carbocycles. The van der Waals surface area contributed by atoms with Crippen molar-refractivity contribution in [3.63, 3.8) is 0 Å². The third-order valence-electron chi connectivity index (χ3n) is 1.71. The van der Waals surface area contributed by atoms with Gasteiger partial charge in [-0.05, 0) is 0 Å². The number of aliphatic hydroxyl groups is 3. The van der Waals surface area contributed by atoms with Gasteiger partial charge in [-0.2, -0.15) is 0 Å². The molecule has 3 N–H and O–H groups in total. The summed E-state index contributed by atoms with van der Waals surface area (Å²) in [6.07, 6.45) is -7.39. The highest BCUT2D eigenvalue weighted by Crippen LogP contribution is 2.18. The largest absolute Gasteiger partial charge is 0.547 e. The third kappa shape index (κ3) is 1.62. The van der Waals surface area contributed by atoms with Crippen molar-refractivity contribution in [2.45, 2.75) is 24.4 Å². The highest BCUT2D eigenvalue weighted by molar-refractivity contribution is 5.80. The van der Waals surface area contributed by atoms with E-state index in [4.69, 9.17) is 15.3 Å². The average molecular weight is 191 g/mol. The van der Waals surface area contributed by atoms with Gasteiger partial charge in [0.15, 0.2) is 12.2 Å². The van der Waals surface area contributed by atoms with Gasteiger partial charge < -0.3 is 30.0 Å². The van der Waals surface area contributed by atoms with Crippen LogP contribution in [0.4, 0.5) is 0 Å². The molecule has 0 unspecified atom stereocenters. The molecule has 0 aromatic heterocycles. The Balaban J connectivity index is 2.73. The molecule has 0 aliphatic carbocycles. The van der Waals surface area contributed by atoms with Gasteiger partial charge in [0.05, 0.1) is 5.97 Å². The molecule has 1 heterocycles. The lowest BCUT2D eigenvalue weighted by Gasteiger charge is -2.20. The van der Waals surface area contributed by atoms with Gasteiger partial charge >= 0.3 is 5.97 Å². The van der Waals surface area contributed by atoms with Crippen LogP contribution in [0, 0.1) is 0 Å². The van der Waals surface area contributed by atoms with Crippen LogP contribution < -0.4 is 5.11 Å². The van der Waals surface area contributed by atoms with E-state index in [0.717, 1.165) is 0 Å². The molecule has 0 aromatic rings. The number of aliphatic carboxylic acids is 1. The zero-order chi connectivity index (χ0) is 10.2. The Labute approximate surface area is 72.2 Å². The van der Waals surface area contributed by atoms with Crippen LogP contribution in [-0.2, 0) is 14.3 Å². The number of ether oxygens (including phenoxy) is 1. The van der Waals surface area contributed by atoms with E-state index in [-0.39, 0.29) is 0 Å². The number of carboxylic acids is 1. The Morgan fingerprint density at radius 1 is 1.54 bits per heavy atom. The van der Waals surface area contributed by atoms with E-state index < -0.39 is 36.4 Å². The van der Waals surface area contributed by atoms with Crippen molar-refractivity contribution in [2.75, 3.05) is 0 Å². The summed E-state index contributed by atoms with van der Waals surface area (Å²) in [4.78, 5) is 20.7. The number of cyclic esters (lactones) is 1. The van der Waals surface area contributed by atoms with Gasteiger partial charge in [-0.15, -0.1) is 0 Å². The molecule has 13 heavy (non-hydrogen) atoms. The molecule has 0 amide bonds. The van der Waals surface area contributed by atoms with Gasteiger partial charge in [-0.25, -0.2) is 4.79 Å². The third-order valence-corrected chi connectivity index (χ3v) is 1.71. The van der Waals surface area contributed by atoms with Crippen molar-refractivity contribution in [3.8, 4) is 0 Å². The summed E-state index contributed by atoms with van der Waals surface area (Å²) in [6, 6.07) is 0. The standard InChI is InChI=1S/C6H8O7/c7-1-2(8)6(12)13-4(1)3(9)5(10)11/h1-4,7-9H,(H,10,11)/p-1/t1-,2-,3-,4+/m1/s1. The number of aliphatic hydroxyl groups excluding tert-OH is 3. The number of carbonyl (C=O) groups excluding carboxylic acids is 2. The molecule has 0 spiro atoms. The molecular formula is C6H7O7-. The SMILES string of the molecule is O=C1O[C@H]([C@@H](O)C(=O)[O-])[C@H](O)[C@H]1O. The van der Waals surface area contributed by atoms with Gasteiger partial charge in [0.2, 0.25) is 0 Å². The minimum Gasteiger partial charge on any atom is -0.547 e. The fourth-order valence-electron chi connectivity index (χ4n) is 0.978. The summed E-state index contributed by atoms with van der Waals surface area (Å²) in [5, 5.41) is 36.7. The lowest BCUT2D eigenvalue weighted by molar-refractivity contribution is -0.319. The molecule has 1 saturated heterocycles. The van der Waals surface area contributed by atoms with Crippen molar-refractivity contribution in [1.82, 2.24) is 0 Å². The lowest BCUT2D eigenvalue weighted by Crippen LogP contribution is -2.48. The molecule has 1 rings (SSSR count). The normalized spacial score (nSPS) is 35.6. The molecule has 4 atom stereocenters. The number of carbonyl (C=O) groups is 2. The van der Waals surface area contributed by atoms with Crippen molar-refractivity contribution < 1.29 is 34.8 Å². The monoisotopic (exact) mass is 191 g/mol. The number of hydrogen-bond donors (Lipinski definition) is 3. The van der Waals surface area contributed by atoms with Gasteiger partial charge in [0.1, 0.15) is 12.2 Å². The highest BCUT2D eigenvalue weighted by Gasteiger charge is 2.46. The molecule has 1 aliphatic heterocycles. The van der Waals surface area contributed by atoms with Crippen LogP contribution in [0.1, 0.15) is 0 Å². The van der Waals surface area contributed by atoms with E-state index in [2.05, 4.69) is 4.74 Å². The summed E-state index contributed by atoms with van der Waals surface area (Å²) in [5.74, 6) is -3.05. The smallest absolute Gasteiger partial charge is 0.338 e. The topological polar surface area (TPSA) is 127 Å². The van der Waals surface area contributed by atoms with Crippen LogP contribution >= 0.6 is 0 Å². The van der Waals surface area contributed by atoms with Crippen molar-refractivity contribution >= 4 is 11.9 Å². The zero-order valence-electron chi connectivity index (χ0n) is 6.28. The summed E-state index contributed by atoms with van der Waals surface area (Å²) in [6.45, 7) is 0. The summed E-state index contributed by atoms with van der Waals surface area (Å²) >= 11 is 0. The first kappa shape index (κ1) is 9.90. The molecule has 7 nitrogen and oxygen atoms in total. The Morgan fingerprint density at radius 2 is 2.08 bits per heavy atom. The molecule has 0 aromatic carbocycles. The molecule has 1 aliphatic rings. The van der Waals surface area contributed by atoms with Crippen LogP contribution in [0.2, 0.25) is 0 Å². The molecule has 1 fully saturated rings. The highest BCUT2D eigenvalue weighted by atomic mass is 16.6. The number of hydrogen-bond acceptors (Lipinski definition) is 7. The second-order valence-electron chi connectivity index (χ2n) is 2.60. The van der Waals surface area contributed by atoms with Gasteiger partial charge in [-0.1, -0.05) is 0 Å². The maximum Gasteiger partial charge on any atom is 0.338 e. The minimum absolute atomic E-state index is 1.17. The minimum atomic E-state index is -2.14. The Bertz CT molecular complexity index is 237. The molecule has 0 radical (unpaired) electrons. The Hall–Kier alpha value is -1.18. The van der Waals surface area contributed by atoms with Crippen LogP contribution in [0.5, 0.6) is 0 Å². The van der Waals surface area contributed by atoms with E-state index in [1.54, 1.807) is 0 Å². The maximum atomic E-state index is 10.6. The van der Waals surface area contributed by atoms with Crippen molar-refractivity contribution in [2.24, 2.45) is 0 Å². The first-order valence-corrected chi connectivity index (χ1v) is 3.40. The van der Waals surface area contributed by atoms with Crippen molar-refractivity contribution in [1.29, 1.82) is 0 Å². The quantitative estimate of drug-likeness (QED) is 0.377. The second kappa shape index (κ2) is 3.29. The van der Waals surface area contributed by atoms with E-state index in [1.807, 2.05) is 0 Å². The van der Waals surface area contributed by atoms with E-state index >= 15 is 0 Å². The first-order chi connectivity index (χ1) is 5.95. The fraction of sp³-hybridized carbons (Fsp3) is 0.667. The van der Waals surface area contributed by atoms with Crippen LogP contribution in [0.25, 0.3) is 0 Å². The van der Waals surface area contributed by atoms with Crippen molar-refractivity contribution in [3.05, 3.63) is 0 Å². The van der Waals surface area contributed by atoms with Gasteiger partial charge in [-0.3, -0.25) is 0 Å².